The van der Waals surface area contributed by atoms with E-state index in [0.717, 1.165) is 9.80 Å². The number of imide groups is 2. The third kappa shape index (κ3) is 3.09. The van der Waals surface area contributed by atoms with Gasteiger partial charge in [-0.2, -0.15) is 0 Å². The lowest BCUT2D eigenvalue weighted by molar-refractivity contribution is -0.130. The molecule has 2 aromatic carbocycles. The van der Waals surface area contributed by atoms with E-state index in [-0.39, 0.29) is 13.1 Å². The second-order valence-corrected chi connectivity index (χ2v) is 6.57. The molecule has 2 saturated heterocycles. The molecule has 0 aromatic heterocycles. The van der Waals surface area contributed by atoms with Crippen LogP contribution in [0.5, 0.6) is 0 Å². The number of hydrogen-bond donors (Lipinski definition) is 2. The first-order valence-electron chi connectivity index (χ1n) is 8.90. The summed E-state index contributed by atoms with van der Waals surface area (Å²) in [6, 6.07) is 15.2. The summed E-state index contributed by atoms with van der Waals surface area (Å²) in [5.74, 6) is -0.800. The molecule has 2 fully saturated rings. The highest BCUT2D eigenvalue weighted by molar-refractivity contribution is 6.06. The summed E-state index contributed by atoms with van der Waals surface area (Å²) in [5.41, 5.74) is 1.37. The first-order valence-corrected chi connectivity index (χ1v) is 8.90. The zero-order chi connectivity index (χ0) is 19.7. The maximum Gasteiger partial charge on any atom is 0.325 e. The van der Waals surface area contributed by atoms with E-state index in [4.69, 9.17) is 0 Å². The Balaban J connectivity index is 1.43. The van der Waals surface area contributed by atoms with Crippen molar-refractivity contribution < 1.29 is 19.2 Å². The summed E-state index contributed by atoms with van der Waals surface area (Å²) >= 11 is 0. The molecule has 0 saturated carbocycles. The van der Waals surface area contributed by atoms with E-state index in [2.05, 4.69) is 10.6 Å². The lowest BCUT2D eigenvalue weighted by Gasteiger charge is -2.17. The lowest BCUT2D eigenvalue weighted by Crippen LogP contribution is -2.41. The largest absolute Gasteiger partial charge is 0.325 e. The van der Waals surface area contributed by atoms with Crippen molar-refractivity contribution in [2.45, 2.75) is 12.1 Å². The summed E-state index contributed by atoms with van der Waals surface area (Å²) in [4.78, 5) is 51.7. The molecule has 2 N–H and O–H groups in total. The number of benzene rings is 2. The molecular weight excluding hydrogens is 360 g/mol. The molecule has 0 bridgehead atoms. The van der Waals surface area contributed by atoms with Gasteiger partial charge in [0, 0.05) is 13.1 Å². The van der Waals surface area contributed by atoms with Gasteiger partial charge in [-0.15, -0.1) is 0 Å². The summed E-state index contributed by atoms with van der Waals surface area (Å²) < 4.78 is 0. The molecule has 0 radical (unpaired) electrons. The minimum atomic E-state index is -0.756. The normalized spacial score (nSPS) is 21.9. The summed E-state index contributed by atoms with van der Waals surface area (Å²) in [6.45, 7) is -0.122. The lowest BCUT2D eigenvalue weighted by atomic mass is 10.1. The predicted octanol–water partition coefficient (Wildman–Crippen LogP) is 1.57. The first-order chi connectivity index (χ1) is 13.6. The van der Waals surface area contributed by atoms with Crippen LogP contribution >= 0.6 is 0 Å². The highest BCUT2D eigenvalue weighted by Crippen LogP contribution is 2.24. The molecule has 0 aliphatic carbocycles. The van der Waals surface area contributed by atoms with Crippen molar-refractivity contribution in [3.05, 3.63) is 71.8 Å². The van der Waals surface area contributed by atoms with Crippen LogP contribution in [0.4, 0.5) is 9.59 Å². The smallest absolute Gasteiger partial charge is 0.322 e. The number of amides is 6. The fraction of sp³-hybridized carbons (Fsp3) is 0.200. The Bertz CT molecular complexity index is 854. The molecule has 6 amide bonds. The molecule has 4 rings (SSSR count). The van der Waals surface area contributed by atoms with Crippen LogP contribution in [0.3, 0.4) is 0 Å². The Morgan fingerprint density at radius 2 is 0.964 bits per heavy atom. The molecular formula is C20H18N4O4. The van der Waals surface area contributed by atoms with Gasteiger partial charge < -0.3 is 10.6 Å². The predicted molar refractivity (Wildman–Crippen MR) is 98.9 cm³/mol. The average molecular weight is 378 g/mol. The minimum absolute atomic E-state index is 0.0608. The summed E-state index contributed by atoms with van der Waals surface area (Å²) in [5, 5.41) is 5.27. The maximum absolute atomic E-state index is 12.6. The van der Waals surface area contributed by atoms with E-state index in [1.165, 1.54) is 0 Å². The Kier molecular flexibility index (Phi) is 4.52. The SMILES string of the molecule is O=C1NC(c2ccccc2)C(=O)N1CCN1C(=O)NC(c2ccccc2)C1=O. The molecule has 8 nitrogen and oxygen atoms in total. The molecule has 142 valence electrons. The summed E-state index contributed by atoms with van der Waals surface area (Å²) in [6.07, 6.45) is 0. The van der Waals surface area contributed by atoms with Crippen LogP contribution in [-0.4, -0.2) is 46.8 Å². The third-order valence-electron chi connectivity index (χ3n) is 4.86. The van der Waals surface area contributed by atoms with Gasteiger partial charge in [-0.1, -0.05) is 60.7 Å². The van der Waals surface area contributed by atoms with Crippen LogP contribution < -0.4 is 10.6 Å². The minimum Gasteiger partial charge on any atom is -0.322 e. The molecule has 2 heterocycles. The Hall–Kier alpha value is -3.68. The van der Waals surface area contributed by atoms with Crippen molar-refractivity contribution in [2.75, 3.05) is 13.1 Å². The van der Waals surface area contributed by atoms with Gasteiger partial charge >= 0.3 is 12.1 Å². The van der Waals surface area contributed by atoms with Gasteiger partial charge in [0.2, 0.25) is 0 Å². The van der Waals surface area contributed by atoms with Crippen molar-refractivity contribution in [2.24, 2.45) is 0 Å². The number of hydrogen-bond acceptors (Lipinski definition) is 4. The number of urea groups is 2. The molecule has 0 spiro atoms. The topological polar surface area (TPSA) is 98.8 Å². The van der Waals surface area contributed by atoms with Crippen molar-refractivity contribution >= 4 is 23.9 Å². The molecule has 2 aliphatic rings. The zero-order valence-corrected chi connectivity index (χ0v) is 14.9. The summed E-state index contributed by atoms with van der Waals surface area (Å²) in [7, 11) is 0. The van der Waals surface area contributed by atoms with Gasteiger partial charge in [0.15, 0.2) is 0 Å². The van der Waals surface area contributed by atoms with Crippen LogP contribution in [0.2, 0.25) is 0 Å². The van der Waals surface area contributed by atoms with E-state index in [1.807, 2.05) is 12.1 Å². The Labute approximate surface area is 161 Å². The second-order valence-electron chi connectivity index (χ2n) is 6.57. The number of nitrogens with zero attached hydrogens (tertiary/aromatic N) is 2. The monoisotopic (exact) mass is 378 g/mol. The van der Waals surface area contributed by atoms with E-state index < -0.39 is 36.0 Å². The molecule has 28 heavy (non-hydrogen) atoms. The highest BCUT2D eigenvalue weighted by Gasteiger charge is 2.42. The fourth-order valence-electron chi connectivity index (χ4n) is 3.40. The van der Waals surface area contributed by atoms with Gasteiger partial charge in [0.1, 0.15) is 12.1 Å². The van der Waals surface area contributed by atoms with Gasteiger partial charge in [-0.25, -0.2) is 9.59 Å². The molecule has 8 heteroatoms. The molecule has 2 aromatic rings. The van der Waals surface area contributed by atoms with E-state index in [9.17, 15) is 19.2 Å². The zero-order valence-electron chi connectivity index (χ0n) is 14.9. The Morgan fingerprint density at radius 3 is 1.32 bits per heavy atom. The van der Waals surface area contributed by atoms with Crippen LogP contribution in [0, 0.1) is 0 Å². The van der Waals surface area contributed by atoms with Crippen LogP contribution in [-0.2, 0) is 9.59 Å². The number of nitrogens with one attached hydrogen (secondary N) is 2. The Morgan fingerprint density at radius 1 is 0.607 bits per heavy atom. The molecule has 2 atom stereocenters. The number of rotatable bonds is 5. The standard InChI is InChI=1S/C20H18N4O4/c25-17-15(13-7-3-1-4-8-13)21-19(27)23(17)11-12-24-18(26)16(22-20(24)28)14-9-5-2-6-10-14/h1-10,15-16H,11-12H2,(H,21,27)(H,22,28). The fourth-order valence-corrected chi connectivity index (χ4v) is 3.40. The van der Waals surface area contributed by atoms with Crippen LogP contribution in [0.15, 0.2) is 60.7 Å². The highest BCUT2D eigenvalue weighted by atomic mass is 16.2. The van der Waals surface area contributed by atoms with Gasteiger partial charge in [0.05, 0.1) is 0 Å². The quantitative estimate of drug-likeness (QED) is 0.772. The van der Waals surface area contributed by atoms with Crippen molar-refractivity contribution in [3.63, 3.8) is 0 Å². The van der Waals surface area contributed by atoms with Crippen molar-refractivity contribution in [1.29, 1.82) is 0 Å². The molecule has 2 aliphatic heterocycles. The van der Waals surface area contributed by atoms with Gasteiger partial charge in [-0.05, 0) is 11.1 Å². The van der Waals surface area contributed by atoms with E-state index in [1.54, 1.807) is 48.5 Å². The van der Waals surface area contributed by atoms with E-state index >= 15 is 0 Å². The average Bonchev–Trinajstić information content (AvgIpc) is 3.17. The number of carbonyl (C=O) groups excluding carboxylic acids is 4. The number of carbonyl (C=O) groups is 4. The maximum atomic E-state index is 12.6. The van der Waals surface area contributed by atoms with Crippen molar-refractivity contribution in [1.82, 2.24) is 20.4 Å². The van der Waals surface area contributed by atoms with Gasteiger partial charge in [-0.3, -0.25) is 19.4 Å². The third-order valence-corrected chi connectivity index (χ3v) is 4.86. The van der Waals surface area contributed by atoms with Crippen molar-refractivity contribution in [3.8, 4) is 0 Å². The van der Waals surface area contributed by atoms with Gasteiger partial charge in [0.25, 0.3) is 11.8 Å². The van der Waals surface area contributed by atoms with Crippen LogP contribution in [0.1, 0.15) is 23.2 Å². The van der Waals surface area contributed by atoms with E-state index in [0.29, 0.717) is 11.1 Å². The van der Waals surface area contributed by atoms with Crippen LogP contribution in [0.25, 0.3) is 0 Å². The first kappa shape index (κ1) is 17.7. The molecule has 2 unspecified atom stereocenters. The second kappa shape index (κ2) is 7.15.